The Morgan fingerprint density at radius 2 is 2.30 bits per heavy atom. The van der Waals surface area contributed by atoms with E-state index in [2.05, 4.69) is 20.2 Å². The SMILES string of the molecule is Cc1nc(N)nc2c1cc(-c1ccn[nH]1)c(=O)n2[C@@H]1CCOC1. The number of aromatic nitrogens is 5. The fourth-order valence-corrected chi connectivity index (χ4v) is 3.04. The van der Waals surface area contributed by atoms with Crippen molar-refractivity contribution in [1.82, 2.24) is 24.7 Å². The number of hydrogen-bond donors (Lipinski definition) is 2. The number of nitrogens with two attached hydrogens (primary N) is 1. The Morgan fingerprint density at radius 1 is 1.43 bits per heavy atom. The van der Waals surface area contributed by atoms with E-state index in [0.29, 0.717) is 30.1 Å². The number of anilines is 1. The van der Waals surface area contributed by atoms with E-state index in [1.54, 1.807) is 22.9 Å². The van der Waals surface area contributed by atoms with Gasteiger partial charge in [0.05, 0.1) is 29.6 Å². The molecule has 1 aliphatic heterocycles. The van der Waals surface area contributed by atoms with Crippen molar-refractivity contribution in [1.29, 1.82) is 0 Å². The number of H-pyrrole nitrogens is 1. The van der Waals surface area contributed by atoms with Gasteiger partial charge in [0.25, 0.3) is 5.56 Å². The molecule has 0 aromatic carbocycles. The van der Waals surface area contributed by atoms with Crippen LogP contribution >= 0.6 is 0 Å². The fraction of sp³-hybridized carbons (Fsp3) is 0.333. The van der Waals surface area contributed by atoms with Crippen LogP contribution in [0, 0.1) is 6.92 Å². The Labute approximate surface area is 131 Å². The molecule has 118 valence electrons. The standard InChI is InChI=1S/C15H16N6O2/c1-8-10-6-11(12-2-4-17-20-12)14(22)21(9-3-5-23-7-9)13(10)19-15(16)18-8/h2,4,6,9H,3,5,7H2,1H3,(H,17,20)(H2,16,18,19)/t9-/m1/s1. The summed E-state index contributed by atoms with van der Waals surface area (Å²) in [6, 6.07) is 3.51. The zero-order valence-corrected chi connectivity index (χ0v) is 12.6. The third-order valence-electron chi connectivity index (χ3n) is 4.16. The number of fused-ring (bicyclic) bond motifs is 1. The van der Waals surface area contributed by atoms with E-state index < -0.39 is 0 Å². The molecule has 0 saturated carbocycles. The highest BCUT2D eigenvalue weighted by atomic mass is 16.5. The van der Waals surface area contributed by atoms with Crippen molar-refractivity contribution in [3.8, 4) is 11.3 Å². The summed E-state index contributed by atoms with van der Waals surface area (Å²) in [5.74, 6) is 0.163. The van der Waals surface area contributed by atoms with E-state index in [-0.39, 0.29) is 17.5 Å². The van der Waals surface area contributed by atoms with E-state index in [0.717, 1.165) is 17.5 Å². The van der Waals surface area contributed by atoms with Crippen LogP contribution in [-0.4, -0.2) is 37.9 Å². The minimum Gasteiger partial charge on any atom is -0.379 e. The maximum atomic E-state index is 13.0. The molecule has 1 saturated heterocycles. The van der Waals surface area contributed by atoms with Crippen LogP contribution < -0.4 is 11.3 Å². The molecule has 0 spiro atoms. The van der Waals surface area contributed by atoms with Crippen molar-refractivity contribution < 1.29 is 4.74 Å². The Kier molecular flexibility index (Phi) is 3.12. The predicted molar refractivity (Wildman–Crippen MR) is 85.0 cm³/mol. The smallest absolute Gasteiger partial charge is 0.261 e. The van der Waals surface area contributed by atoms with Crippen LogP contribution in [-0.2, 0) is 4.74 Å². The third kappa shape index (κ3) is 2.18. The summed E-state index contributed by atoms with van der Waals surface area (Å²) >= 11 is 0. The average molecular weight is 312 g/mol. The van der Waals surface area contributed by atoms with Crippen LogP contribution in [0.2, 0.25) is 0 Å². The number of nitrogens with zero attached hydrogens (tertiary/aromatic N) is 4. The summed E-state index contributed by atoms with van der Waals surface area (Å²) in [6.45, 7) is 2.98. The van der Waals surface area contributed by atoms with Gasteiger partial charge in [-0.25, -0.2) is 4.98 Å². The molecule has 1 aliphatic rings. The molecule has 1 fully saturated rings. The first-order chi connectivity index (χ1) is 11.1. The molecule has 1 atom stereocenters. The zero-order valence-electron chi connectivity index (χ0n) is 12.6. The molecule has 0 bridgehead atoms. The molecule has 3 aromatic rings. The van der Waals surface area contributed by atoms with E-state index in [4.69, 9.17) is 10.5 Å². The van der Waals surface area contributed by atoms with Crippen molar-refractivity contribution in [2.45, 2.75) is 19.4 Å². The lowest BCUT2D eigenvalue weighted by molar-refractivity contribution is 0.186. The molecule has 4 heterocycles. The molecular weight excluding hydrogens is 296 g/mol. The molecule has 3 N–H and O–H groups in total. The first-order valence-electron chi connectivity index (χ1n) is 7.42. The molecular formula is C15H16N6O2. The first-order valence-corrected chi connectivity index (χ1v) is 7.42. The molecule has 3 aromatic heterocycles. The molecule has 8 nitrogen and oxygen atoms in total. The van der Waals surface area contributed by atoms with Gasteiger partial charge < -0.3 is 10.5 Å². The Balaban J connectivity index is 2.10. The van der Waals surface area contributed by atoms with Gasteiger partial charge in [-0.1, -0.05) is 0 Å². The molecule has 0 unspecified atom stereocenters. The predicted octanol–water partition coefficient (Wildman–Crippen LogP) is 1.03. The lowest BCUT2D eigenvalue weighted by Gasteiger charge is -2.17. The van der Waals surface area contributed by atoms with E-state index in [1.807, 2.05) is 6.92 Å². The quantitative estimate of drug-likeness (QED) is 0.731. The normalized spacial score (nSPS) is 17.9. The molecule has 0 amide bonds. The lowest BCUT2D eigenvalue weighted by Crippen LogP contribution is -2.28. The molecule has 8 heteroatoms. The van der Waals surface area contributed by atoms with Crippen molar-refractivity contribution in [3.63, 3.8) is 0 Å². The lowest BCUT2D eigenvalue weighted by atomic mass is 10.1. The Hall–Kier alpha value is -2.74. The van der Waals surface area contributed by atoms with Gasteiger partial charge in [-0.15, -0.1) is 0 Å². The topological polar surface area (TPSA) is 112 Å². The largest absolute Gasteiger partial charge is 0.379 e. The van der Waals surface area contributed by atoms with Crippen LogP contribution in [0.3, 0.4) is 0 Å². The van der Waals surface area contributed by atoms with Gasteiger partial charge in [0.15, 0.2) is 0 Å². The highest BCUT2D eigenvalue weighted by molar-refractivity contribution is 5.83. The highest BCUT2D eigenvalue weighted by Gasteiger charge is 2.24. The second-order valence-electron chi connectivity index (χ2n) is 5.63. The number of aryl methyl sites for hydroxylation is 1. The Bertz CT molecular complexity index is 925. The van der Waals surface area contributed by atoms with Gasteiger partial charge in [0, 0.05) is 18.2 Å². The maximum Gasteiger partial charge on any atom is 0.261 e. The van der Waals surface area contributed by atoms with Gasteiger partial charge in [-0.3, -0.25) is 14.5 Å². The van der Waals surface area contributed by atoms with Crippen LogP contribution in [0.5, 0.6) is 0 Å². The van der Waals surface area contributed by atoms with E-state index in [1.165, 1.54) is 0 Å². The van der Waals surface area contributed by atoms with Gasteiger partial charge in [0.2, 0.25) is 5.95 Å². The van der Waals surface area contributed by atoms with E-state index >= 15 is 0 Å². The van der Waals surface area contributed by atoms with Crippen LogP contribution in [0.15, 0.2) is 23.1 Å². The summed E-state index contributed by atoms with van der Waals surface area (Å²) < 4.78 is 7.14. The summed E-state index contributed by atoms with van der Waals surface area (Å²) in [5, 5.41) is 7.58. The molecule has 4 rings (SSSR count). The van der Waals surface area contributed by atoms with Crippen molar-refractivity contribution in [3.05, 3.63) is 34.4 Å². The summed E-state index contributed by atoms with van der Waals surface area (Å²) in [7, 11) is 0. The number of rotatable bonds is 2. The van der Waals surface area contributed by atoms with Gasteiger partial charge in [-0.05, 0) is 25.5 Å². The van der Waals surface area contributed by atoms with Crippen LogP contribution in [0.25, 0.3) is 22.3 Å². The fourth-order valence-electron chi connectivity index (χ4n) is 3.04. The highest BCUT2D eigenvalue weighted by Crippen LogP contribution is 2.26. The monoisotopic (exact) mass is 312 g/mol. The zero-order chi connectivity index (χ0) is 16.0. The van der Waals surface area contributed by atoms with Gasteiger partial charge >= 0.3 is 0 Å². The Morgan fingerprint density at radius 3 is 3.00 bits per heavy atom. The summed E-state index contributed by atoms with van der Waals surface area (Å²) in [6.07, 6.45) is 2.39. The number of nitrogen functional groups attached to an aromatic ring is 1. The second-order valence-corrected chi connectivity index (χ2v) is 5.63. The summed E-state index contributed by atoms with van der Waals surface area (Å²) in [4.78, 5) is 21.6. The molecule has 0 radical (unpaired) electrons. The second kappa shape index (κ2) is 5.17. The van der Waals surface area contributed by atoms with Crippen LogP contribution in [0.4, 0.5) is 5.95 Å². The first kappa shape index (κ1) is 13.9. The molecule has 0 aliphatic carbocycles. The van der Waals surface area contributed by atoms with Crippen LogP contribution in [0.1, 0.15) is 18.2 Å². The number of hydrogen-bond acceptors (Lipinski definition) is 6. The minimum absolute atomic E-state index is 0.0541. The summed E-state index contributed by atoms with van der Waals surface area (Å²) in [5.41, 5.74) is 8.16. The third-order valence-corrected chi connectivity index (χ3v) is 4.16. The van der Waals surface area contributed by atoms with Gasteiger partial charge in [-0.2, -0.15) is 10.1 Å². The number of pyridine rings is 1. The van der Waals surface area contributed by atoms with Crippen molar-refractivity contribution in [2.75, 3.05) is 18.9 Å². The van der Waals surface area contributed by atoms with Gasteiger partial charge in [0.1, 0.15) is 5.65 Å². The maximum absolute atomic E-state index is 13.0. The number of nitrogens with one attached hydrogen (secondary N) is 1. The van der Waals surface area contributed by atoms with E-state index in [9.17, 15) is 4.79 Å². The molecule has 23 heavy (non-hydrogen) atoms. The van der Waals surface area contributed by atoms with Crippen molar-refractivity contribution in [2.24, 2.45) is 0 Å². The number of ether oxygens (including phenoxy) is 1. The average Bonchev–Trinajstić information content (AvgIpc) is 3.20. The van der Waals surface area contributed by atoms with Crippen molar-refractivity contribution >= 4 is 17.0 Å². The minimum atomic E-state index is -0.130. The number of aromatic amines is 1.